The van der Waals surface area contributed by atoms with Gasteiger partial charge in [-0.3, -0.25) is 0 Å². The highest BCUT2D eigenvalue weighted by Crippen LogP contribution is 2.25. The summed E-state index contributed by atoms with van der Waals surface area (Å²) in [7, 11) is -1.47. The zero-order valence-electron chi connectivity index (χ0n) is 6.52. The van der Waals surface area contributed by atoms with Crippen LogP contribution in [0.5, 0.6) is 0 Å². The summed E-state index contributed by atoms with van der Waals surface area (Å²) in [6.45, 7) is 4.36. The topological polar surface area (TPSA) is 0 Å². The van der Waals surface area contributed by atoms with Gasteiger partial charge in [0.25, 0.3) is 0 Å². The molecule has 0 aliphatic heterocycles. The molecule has 1 rings (SSSR count). The number of rotatable bonds is 1. The molecular weight excluding hydrogens is 160 g/mol. The van der Waals surface area contributed by atoms with Gasteiger partial charge in [-0.25, -0.2) is 0 Å². The molecule has 10 heavy (non-hydrogen) atoms. The maximum Gasteiger partial charge on any atom is 0.176 e. The van der Waals surface area contributed by atoms with Crippen molar-refractivity contribution < 1.29 is 0 Å². The van der Waals surface area contributed by atoms with Crippen LogP contribution in [0.2, 0.25) is 13.1 Å². The normalized spacial score (nSPS) is 18.9. The van der Waals surface area contributed by atoms with Gasteiger partial charge in [-0.15, -0.1) is 0 Å². The maximum atomic E-state index is 6.25. The Kier molecular flexibility index (Phi) is 2.37. The lowest BCUT2D eigenvalue weighted by Gasteiger charge is -2.18. The number of allylic oxidation sites excluding steroid dienone is 4. The number of hydrogen-bond acceptors (Lipinski definition) is 0. The van der Waals surface area contributed by atoms with E-state index in [2.05, 4.69) is 31.3 Å². The summed E-state index contributed by atoms with van der Waals surface area (Å²) < 4.78 is 0. The SMILES string of the molecule is C[Si](C)(Cl)C1=CC=CCC1. The Balaban J connectivity index is 2.72. The Morgan fingerprint density at radius 3 is 2.50 bits per heavy atom. The quantitative estimate of drug-likeness (QED) is 0.421. The van der Waals surface area contributed by atoms with Gasteiger partial charge in [0.1, 0.15) is 0 Å². The zero-order valence-corrected chi connectivity index (χ0v) is 8.28. The van der Waals surface area contributed by atoms with Gasteiger partial charge in [0.15, 0.2) is 7.38 Å². The molecule has 0 nitrogen and oxygen atoms in total. The fraction of sp³-hybridized carbons (Fsp3) is 0.500. The largest absolute Gasteiger partial charge is 0.176 e. The van der Waals surface area contributed by atoms with Gasteiger partial charge in [0, 0.05) is 0 Å². The minimum Gasteiger partial charge on any atom is -0.162 e. The summed E-state index contributed by atoms with van der Waals surface area (Å²) in [6.07, 6.45) is 8.85. The van der Waals surface area contributed by atoms with Gasteiger partial charge in [-0.05, 0) is 12.8 Å². The predicted molar refractivity (Wildman–Crippen MR) is 49.8 cm³/mol. The molecule has 1 aliphatic carbocycles. The van der Waals surface area contributed by atoms with Crippen molar-refractivity contribution in [2.24, 2.45) is 0 Å². The van der Waals surface area contributed by atoms with Crippen LogP contribution in [0.4, 0.5) is 0 Å². The Hall–Kier alpha value is -0.0131. The van der Waals surface area contributed by atoms with E-state index in [1.807, 2.05) is 0 Å². The third-order valence-electron chi connectivity index (χ3n) is 1.78. The molecule has 0 atom stereocenters. The molecular formula is C8H13ClSi. The molecule has 0 bridgehead atoms. The van der Waals surface area contributed by atoms with Crippen LogP contribution in [0.1, 0.15) is 12.8 Å². The first-order valence-corrected chi connectivity index (χ1v) is 7.67. The van der Waals surface area contributed by atoms with Gasteiger partial charge in [0.2, 0.25) is 0 Å². The zero-order chi connectivity index (χ0) is 7.61. The van der Waals surface area contributed by atoms with E-state index in [0.29, 0.717) is 0 Å². The first-order chi connectivity index (χ1) is 4.61. The van der Waals surface area contributed by atoms with E-state index in [0.717, 1.165) is 0 Å². The molecule has 0 aromatic rings. The second-order valence-electron chi connectivity index (χ2n) is 3.13. The van der Waals surface area contributed by atoms with Crippen LogP contribution >= 0.6 is 11.1 Å². The molecule has 0 spiro atoms. The Bertz CT molecular complexity index is 174. The lowest BCUT2D eigenvalue weighted by Crippen LogP contribution is -2.21. The second-order valence-corrected chi connectivity index (χ2v) is 9.55. The third kappa shape index (κ3) is 1.99. The van der Waals surface area contributed by atoms with Gasteiger partial charge in [-0.1, -0.05) is 36.5 Å². The van der Waals surface area contributed by atoms with Crippen molar-refractivity contribution in [3.63, 3.8) is 0 Å². The van der Waals surface area contributed by atoms with Crippen LogP contribution in [0.15, 0.2) is 23.4 Å². The number of hydrogen-bond donors (Lipinski definition) is 0. The smallest absolute Gasteiger partial charge is 0.162 e. The van der Waals surface area contributed by atoms with E-state index >= 15 is 0 Å². The first kappa shape index (κ1) is 8.09. The van der Waals surface area contributed by atoms with Gasteiger partial charge in [0.05, 0.1) is 0 Å². The van der Waals surface area contributed by atoms with Crippen molar-refractivity contribution in [3.05, 3.63) is 23.4 Å². The summed E-state index contributed by atoms with van der Waals surface area (Å²) in [4.78, 5) is 0. The average molecular weight is 173 g/mol. The summed E-state index contributed by atoms with van der Waals surface area (Å²) in [6, 6.07) is 0. The molecule has 0 N–H and O–H groups in total. The molecule has 0 fully saturated rings. The highest BCUT2D eigenvalue weighted by atomic mass is 35.6. The van der Waals surface area contributed by atoms with Crippen molar-refractivity contribution in [2.75, 3.05) is 0 Å². The maximum absolute atomic E-state index is 6.25. The lowest BCUT2D eigenvalue weighted by molar-refractivity contribution is 1.01. The first-order valence-electron chi connectivity index (χ1n) is 3.66. The second kappa shape index (κ2) is 2.93. The van der Waals surface area contributed by atoms with Crippen LogP contribution in [-0.4, -0.2) is 7.38 Å². The molecule has 0 unspecified atom stereocenters. The van der Waals surface area contributed by atoms with E-state index in [9.17, 15) is 0 Å². The Morgan fingerprint density at radius 2 is 2.20 bits per heavy atom. The summed E-state index contributed by atoms with van der Waals surface area (Å²) in [5, 5.41) is 1.48. The van der Waals surface area contributed by atoms with Crippen molar-refractivity contribution in [2.45, 2.75) is 25.9 Å². The van der Waals surface area contributed by atoms with E-state index in [1.165, 1.54) is 18.0 Å². The van der Waals surface area contributed by atoms with Crippen LogP contribution in [0.25, 0.3) is 0 Å². The number of halogens is 1. The molecule has 0 saturated carbocycles. The molecule has 56 valence electrons. The van der Waals surface area contributed by atoms with Crippen LogP contribution in [0.3, 0.4) is 0 Å². The van der Waals surface area contributed by atoms with E-state index in [4.69, 9.17) is 11.1 Å². The molecule has 0 radical (unpaired) electrons. The van der Waals surface area contributed by atoms with E-state index in [-0.39, 0.29) is 0 Å². The minimum absolute atomic E-state index is 1.18. The Morgan fingerprint density at radius 1 is 1.50 bits per heavy atom. The molecule has 0 amide bonds. The third-order valence-corrected chi connectivity index (χ3v) is 4.45. The van der Waals surface area contributed by atoms with Crippen molar-refractivity contribution in [3.8, 4) is 0 Å². The lowest BCUT2D eigenvalue weighted by atomic mass is 10.2. The van der Waals surface area contributed by atoms with E-state index in [1.54, 1.807) is 0 Å². The van der Waals surface area contributed by atoms with Crippen molar-refractivity contribution >= 4 is 18.5 Å². The van der Waals surface area contributed by atoms with Crippen LogP contribution in [0, 0.1) is 0 Å². The molecule has 0 aromatic carbocycles. The van der Waals surface area contributed by atoms with Crippen LogP contribution in [-0.2, 0) is 0 Å². The Labute approximate surface area is 68.3 Å². The molecule has 0 heterocycles. The fourth-order valence-electron chi connectivity index (χ4n) is 1.10. The summed E-state index contributed by atoms with van der Waals surface area (Å²) in [5.41, 5.74) is 0. The minimum atomic E-state index is -1.47. The van der Waals surface area contributed by atoms with E-state index < -0.39 is 7.38 Å². The molecule has 0 aromatic heterocycles. The van der Waals surface area contributed by atoms with Gasteiger partial charge in [-0.2, -0.15) is 11.1 Å². The molecule has 1 aliphatic rings. The monoisotopic (exact) mass is 172 g/mol. The van der Waals surface area contributed by atoms with Gasteiger partial charge < -0.3 is 0 Å². The standard InChI is InChI=1S/C8H13ClSi/c1-10(2,9)8-6-4-3-5-7-8/h3-4,6H,5,7H2,1-2H3. The average Bonchev–Trinajstić information content (AvgIpc) is 1.88. The van der Waals surface area contributed by atoms with Crippen molar-refractivity contribution in [1.82, 2.24) is 0 Å². The fourth-order valence-corrected chi connectivity index (χ4v) is 2.80. The summed E-state index contributed by atoms with van der Waals surface area (Å²) >= 11 is 6.25. The van der Waals surface area contributed by atoms with Crippen LogP contribution < -0.4 is 0 Å². The molecule has 2 heteroatoms. The van der Waals surface area contributed by atoms with Crippen molar-refractivity contribution in [1.29, 1.82) is 0 Å². The molecule has 0 saturated heterocycles. The highest BCUT2D eigenvalue weighted by molar-refractivity contribution is 7.23. The highest BCUT2D eigenvalue weighted by Gasteiger charge is 2.22. The summed E-state index contributed by atoms with van der Waals surface area (Å²) in [5.74, 6) is 0. The van der Waals surface area contributed by atoms with Gasteiger partial charge >= 0.3 is 0 Å². The predicted octanol–water partition coefficient (Wildman–Crippen LogP) is 3.25.